The summed E-state index contributed by atoms with van der Waals surface area (Å²) in [6.07, 6.45) is 7.86. The summed E-state index contributed by atoms with van der Waals surface area (Å²) in [5, 5.41) is 7.99. The number of rotatable bonds is 4. The number of aromatic nitrogens is 3. The van der Waals surface area contributed by atoms with Gasteiger partial charge in [-0.2, -0.15) is 0 Å². The molecular formula is C21H16ClN7O2. The summed E-state index contributed by atoms with van der Waals surface area (Å²) in [5.41, 5.74) is 2.78. The number of anilines is 1. The molecule has 0 N–H and O–H groups in total. The first kappa shape index (κ1) is 19.1. The van der Waals surface area contributed by atoms with Crippen LogP contribution in [-0.4, -0.2) is 51.6 Å². The quantitative estimate of drug-likeness (QED) is 0.586. The van der Waals surface area contributed by atoms with Gasteiger partial charge in [-0.15, -0.1) is 10.2 Å². The van der Waals surface area contributed by atoms with Crippen LogP contribution in [-0.2, 0) is 4.79 Å². The van der Waals surface area contributed by atoms with Crippen LogP contribution in [0.25, 0.3) is 11.5 Å². The number of halogens is 1. The minimum Gasteiger partial charge on any atom is -0.423 e. The number of aliphatic imine (C=N–C) groups is 2. The third kappa shape index (κ3) is 3.59. The Bertz CT molecular complexity index is 1190. The smallest absolute Gasteiger partial charge is 0.278 e. The van der Waals surface area contributed by atoms with E-state index in [0.29, 0.717) is 22.4 Å². The van der Waals surface area contributed by atoms with Gasteiger partial charge in [0.05, 0.1) is 17.9 Å². The fourth-order valence-electron chi connectivity index (χ4n) is 3.43. The highest BCUT2D eigenvalue weighted by molar-refractivity contribution is 6.29. The molecular weight excluding hydrogens is 418 g/mol. The zero-order chi connectivity index (χ0) is 21.4. The highest BCUT2D eigenvalue weighted by Crippen LogP contribution is 2.31. The lowest BCUT2D eigenvalue weighted by molar-refractivity contribution is -0.115. The van der Waals surface area contributed by atoms with Crippen LogP contribution in [0.1, 0.15) is 11.6 Å². The molecule has 5 rings (SSSR count). The maximum absolute atomic E-state index is 13.0. The molecule has 1 aromatic carbocycles. The van der Waals surface area contributed by atoms with Crippen LogP contribution in [0, 0.1) is 0 Å². The van der Waals surface area contributed by atoms with Gasteiger partial charge < -0.3 is 14.2 Å². The Hall–Kier alpha value is -3.85. The van der Waals surface area contributed by atoms with E-state index in [1.807, 2.05) is 35.4 Å². The van der Waals surface area contributed by atoms with Gasteiger partial charge in [0.15, 0.2) is 6.17 Å². The maximum atomic E-state index is 13.0. The number of amides is 1. The second-order valence-electron chi connectivity index (χ2n) is 6.97. The van der Waals surface area contributed by atoms with Crippen LogP contribution in [0.15, 0.2) is 75.3 Å². The van der Waals surface area contributed by atoms with Crippen LogP contribution in [0.2, 0.25) is 5.15 Å². The summed E-state index contributed by atoms with van der Waals surface area (Å²) in [7, 11) is 1.67. The van der Waals surface area contributed by atoms with Gasteiger partial charge in [0.1, 0.15) is 10.9 Å². The van der Waals surface area contributed by atoms with Gasteiger partial charge in [0, 0.05) is 31.2 Å². The summed E-state index contributed by atoms with van der Waals surface area (Å²) in [4.78, 5) is 29.3. The lowest BCUT2D eigenvalue weighted by Gasteiger charge is -2.29. The fourth-order valence-corrected chi connectivity index (χ4v) is 3.54. The van der Waals surface area contributed by atoms with Crippen molar-refractivity contribution < 1.29 is 9.21 Å². The Balaban J connectivity index is 1.37. The molecule has 0 saturated heterocycles. The van der Waals surface area contributed by atoms with E-state index in [1.165, 1.54) is 11.3 Å². The first-order valence-electron chi connectivity index (χ1n) is 9.43. The predicted molar refractivity (Wildman–Crippen MR) is 116 cm³/mol. The van der Waals surface area contributed by atoms with Gasteiger partial charge in [-0.1, -0.05) is 23.7 Å². The number of likely N-dealkylation sites (N-methyl/N-ethyl adjacent to an activating group) is 1. The molecule has 0 fully saturated rings. The molecule has 31 heavy (non-hydrogen) atoms. The largest absolute Gasteiger partial charge is 0.423 e. The number of pyridine rings is 1. The van der Waals surface area contributed by atoms with E-state index in [-0.39, 0.29) is 18.1 Å². The molecule has 154 valence electrons. The molecule has 0 aliphatic carbocycles. The molecule has 4 heterocycles. The number of carbonyl (C=O) groups is 1. The Kier molecular flexibility index (Phi) is 4.79. The van der Waals surface area contributed by atoms with Crippen molar-refractivity contribution in [1.82, 2.24) is 20.1 Å². The monoisotopic (exact) mass is 433 g/mol. The molecule has 1 amide bonds. The minimum atomic E-state index is -0.254. The maximum Gasteiger partial charge on any atom is 0.278 e. The van der Waals surface area contributed by atoms with Crippen LogP contribution < -0.4 is 4.90 Å². The van der Waals surface area contributed by atoms with Gasteiger partial charge in [-0.25, -0.2) is 9.98 Å². The van der Waals surface area contributed by atoms with E-state index in [4.69, 9.17) is 16.0 Å². The van der Waals surface area contributed by atoms with E-state index in [1.54, 1.807) is 37.8 Å². The predicted octanol–water partition coefficient (Wildman–Crippen LogP) is 3.13. The standard InChI is InChI=1S/C21H16ClN7O2/c1-28(15-6-7-18(22)24-8-15)21(30)16-11-29-17(9-25-19(29)10-23-16)13-2-4-14(5-3-13)20-27-26-12-31-20/h2-12,17,19H,1H3. The lowest BCUT2D eigenvalue weighted by atomic mass is 10.0. The Morgan fingerprint density at radius 3 is 2.71 bits per heavy atom. The van der Waals surface area contributed by atoms with Gasteiger partial charge >= 0.3 is 0 Å². The number of benzene rings is 1. The van der Waals surface area contributed by atoms with Gasteiger partial charge in [-0.3, -0.25) is 9.79 Å². The minimum absolute atomic E-state index is 0.126. The van der Waals surface area contributed by atoms with Crippen molar-refractivity contribution in [2.75, 3.05) is 11.9 Å². The average molecular weight is 434 g/mol. The van der Waals surface area contributed by atoms with Gasteiger partial charge in [0.2, 0.25) is 12.3 Å². The SMILES string of the molecule is CN(C(=O)C1=CN2C(C=N1)N=CC2c1ccc(-c2nnco2)cc1)c1ccc(Cl)nc1. The fraction of sp³-hybridized carbons (Fsp3) is 0.143. The molecule has 3 aromatic rings. The van der Waals surface area contributed by atoms with Gasteiger partial charge in [0.25, 0.3) is 5.91 Å². The number of hydrogen-bond acceptors (Lipinski definition) is 8. The van der Waals surface area contributed by atoms with E-state index in [2.05, 4.69) is 25.2 Å². The number of fused-ring (bicyclic) bond motifs is 1. The molecule has 10 heteroatoms. The normalized spacial score (nSPS) is 19.3. The Labute approximate surface area is 182 Å². The van der Waals surface area contributed by atoms with E-state index >= 15 is 0 Å². The second-order valence-corrected chi connectivity index (χ2v) is 7.35. The molecule has 0 saturated carbocycles. The number of hydrogen-bond donors (Lipinski definition) is 0. The summed E-state index contributed by atoms with van der Waals surface area (Å²) >= 11 is 5.84. The lowest BCUT2D eigenvalue weighted by Crippen LogP contribution is -2.35. The molecule has 0 spiro atoms. The van der Waals surface area contributed by atoms with Crippen molar-refractivity contribution in [2.24, 2.45) is 9.98 Å². The van der Waals surface area contributed by atoms with Crippen molar-refractivity contribution in [1.29, 1.82) is 0 Å². The molecule has 2 aliphatic rings. The molecule has 2 unspecified atom stereocenters. The van der Waals surface area contributed by atoms with Crippen molar-refractivity contribution in [2.45, 2.75) is 12.2 Å². The van der Waals surface area contributed by atoms with Crippen LogP contribution in [0.3, 0.4) is 0 Å². The van der Waals surface area contributed by atoms with E-state index in [9.17, 15) is 4.79 Å². The van der Waals surface area contributed by atoms with Crippen LogP contribution >= 0.6 is 11.6 Å². The first-order chi connectivity index (χ1) is 15.1. The molecule has 9 nitrogen and oxygen atoms in total. The Morgan fingerprint density at radius 2 is 2.00 bits per heavy atom. The summed E-state index contributed by atoms with van der Waals surface area (Å²) in [6, 6.07) is 11.0. The molecule has 2 atom stereocenters. The zero-order valence-electron chi connectivity index (χ0n) is 16.3. The van der Waals surface area contributed by atoms with Crippen molar-refractivity contribution in [3.63, 3.8) is 0 Å². The first-order valence-corrected chi connectivity index (χ1v) is 9.81. The third-order valence-corrected chi connectivity index (χ3v) is 5.33. The number of carbonyl (C=O) groups excluding carboxylic acids is 1. The summed E-state index contributed by atoms with van der Waals surface area (Å²) in [5.74, 6) is 0.207. The highest BCUT2D eigenvalue weighted by atomic mass is 35.5. The van der Waals surface area contributed by atoms with Crippen LogP contribution in [0.4, 0.5) is 5.69 Å². The van der Waals surface area contributed by atoms with Crippen molar-refractivity contribution in [3.05, 3.63) is 71.6 Å². The molecule has 2 aliphatic heterocycles. The van der Waals surface area contributed by atoms with E-state index in [0.717, 1.165) is 11.1 Å². The van der Waals surface area contributed by atoms with Crippen LogP contribution in [0.5, 0.6) is 0 Å². The summed E-state index contributed by atoms with van der Waals surface area (Å²) in [6.45, 7) is 0. The molecule has 0 radical (unpaired) electrons. The summed E-state index contributed by atoms with van der Waals surface area (Å²) < 4.78 is 5.24. The topological polar surface area (TPSA) is 100 Å². The van der Waals surface area contributed by atoms with Crippen molar-refractivity contribution in [3.8, 4) is 11.5 Å². The number of nitrogens with zero attached hydrogens (tertiary/aromatic N) is 7. The van der Waals surface area contributed by atoms with E-state index < -0.39 is 0 Å². The third-order valence-electron chi connectivity index (χ3n) is 5.11. The average Bonchev–Trinajstić information content (AvgIpc) is 3.49. The Morgan fingerprint density at radius 1 is 1.16 bits per heavy atom. The highest BCUT2D eigenvalue weighted by Gasteiger charge is 2.32. The van der Waals surface area contributed by atoms with Crippen molar-refractivity contribution >= 4 is 35.6 Å². The molecule has 2 aromatic heterocycles. The second kappa shape index (κ2) is 7.77. The zero-order valence-corrected chi connectivity index (χ0v) is 17.1. The van der Waals surface area contributed by atoms with Gasteiger partial charge in [-0.05, 0) is 29.8 Å². The molecule has 0 bridgehead atoms.